The Morgan fingerprint density at radius 2 is 1.88 bits per heavy atom. The third-order valence-corrected chi connectivity index (χ3v) is 4.18. The van der Waals surface area contributed by atoms with Crippen molar-refractivity contribution in [1.82, 2.24) is 15.1 Å². The van der Waals surface area contributed by atoms with Crippen molar-refractivity contribution in [3.63, 3.8) is 0 Å². The minimum atomic E-state index is -0.0369. The van der Waals surface area contributed by atoms with E-state index in [4.69, 9.17) is 11.6 Å². The third kappa shape index (κ3) is 4.16. The number of amides is 1. The number of hydrogen-bond donors (Lipinski definition) is 2. The first kappa shape index (κ1) is 18.5. The lowest BCUT2D eigenvalue weighted by atomic mass is 10.1. The average molecular weight is 350 g/mol. The Hall–Kier alpha value is -1.85. The van der Waals surface area contributed by atoms with Crippen LogP contribution in [0.5, 0.6) is 0 Å². The second-order valence-corrected chi connectivity index (χ2v) is 6.51. The molecule has 2 aromatic rings. The van der Waals surface area contributed by atoms with Crippen molar-refractivity contribution in [3.8, 4) is 5.69 Å². The van der Waals surface area contributed by atoms with Gasteiger partial charge in [-0.15, -0.1) is 0 Å². The highest BCUT2D eigenvalue weighted by atomic mass is 35.5. The number of carbonyl (C=O) groups excluding carboxylic acids is 1. The molecule has 0 saturated heterocycles. The van der Waals surface area contributed by atoms with Crippen LogP contribution in [0.4, 0.5) is 0 Å². The van der Waals surface area contributed by atoms with Gasteiger partial charge >= 0.3 is 0 Å². The molecule has 0 bridgehead atoms. The molecule has 1 aromatic carbocycles. The van der Waals surface area contributed by atoms with Crippen molar-refractivity contribution in [1.29, 1.82) is 0 Å². The fourth-order valence-electron chi connectivity index (χ4n) is 2.65. The standard InChI is InChI=1S/C18H25ClN4O/c1-5-15-17(18(24)20-11-12-22(3)4)16(6-2)23(21-15)14-9-7-13(19)8-10-14/h7-10H,5-6,11-12H2,1-4H3,(H,20,24)/p+1. The summed E-state index contributed by atoms with van der Waals surface area (Å²) in [7, 11) is 4.14. The maximum atomic E-state index is 12.7. The van der Waals surface area contributed by atoms with Crippen molar-refractivity contribution in [2.24, 2.45) is 0 Å². The number of hydrogen-bond acceptors (Lipinski definition) is 2. The highest BCUT2D eigenvalue weighted by molar-refractivity contribution is 6.30. The van der Waals surface area contributed by atoms with Crippen molar-refractivity contribution in [2.75, 3.05) is 27.2 Å². The Morgan fingerprint density at radius 1 is 1.21 bits per heavy atom. The summed E-state index contributed by atoms with van der Waals surface area (Å²) >= 11 is 5.97. The van der Waals surface area contributed by atoms with Crippen molar-refractivity contribution in [2.45, 2.75) is 26.7 Å². The van der Waals surface area contributed by atoms with E-state index in [1.54, 1.807) is 0 Å². The topological polar surface area (TPSA) is 51.4 Å². The summed E-state index contributed by atoms with van der Waals surface area (Å²) in [6.45, 7) is 5.61. The van der Waals surface area contributed by atoms with E-state index in [-0.39, 0.29) is 5.91 Å². The van der Waals surface area contributed by atoms with E-state index in [0.29, 0.717) is 17.1 Å². The number of benzene rings is 1. The minimum Gasteiger partial charge on any atom is -0.346 e. The second-order valence-electron chi connectivity index (χ2n) is 6.08. The van der Waals surface area contributed by atoms with Gasteiger partial charge in [-0.3, -0.25) is 4.79 Å². The number of likely N-dealkylation sites (N-methyl/N-ethyl adjacent to an activating group) is 1. The molecule has 1 aromatic heterocycles. The van der Waals surface area contributed by atoms with Gasteiger partial charge in [-0.05, 0) is 37.1 Å². The monoisotopic (exact) mass is 349 g/mol. The van der Waals surface area contributed by atoms with Crippen molar-refractivity contribution >= 4 is 17.5 Å². The van der Waals surface area contributed by atoms with Crippen LogP contribution in [0.1, 0.15) is 35.6 Å². The largest absolute Gasteiger partial charge is 0.346 e. The van der Waals surface area contributed by atoms with Gasteiger partial charge in [-0.2, -0.15) is 5.10 Å². The minimum absolute atomic E-state index is 0.0369. The molecule has 24 heavy (non-hydrogen) atoms. The number of nitrogens with zero attached hydrogens (tertiary/aromatic N) is 2. The van der Waals surface area contributed by atoms with Crippen molar-refractivity contribution in [3.05, 3.63) is 46.2 Å². The molecule has 2 rings (SSSR count). The quantitative estimate of drug-likeness (QED) is 0.796. The molecular formula is C18H26ClN4O+. The smallest absolute Gasteiger partial charge is 0.255 e. The highest BCUT2D eigenvalue weighted by Crippen LogP contribution is 2.21. The highest BCUT2D eigenvalue weighted by Gasteiger charge is 2.22. The van der Waals surface area contributed by atoms with E-state index in [2.05, 4.69) is 24.5 Å². The zero-order valence-corrected chi connectivity index (χ0v) is 15.6. The number of nitrogens with one attached hydrogen (secondary N) is 2. The Balaban J connectivity index is 2.36. The first-order chi connectivity index (χ1) is 11.5. The molecule has 1 heterocycles. The molecule has 130 valence electrons. The Bertz CT molecular complexity index is 692. The van der Waals surface area contributed by atoms with Gasteiger partial charge in [-0.25, -0.2) is 4.68 Å². The van der Waals surface area contributed by atoms with Crippen LogP contribution < -0.4 is 10.2 Å². The summed E-state index contributed by atoms with van der Waals surface area (Å²) in [5.41, 5.74) is 3.40. The Kier molecular flexibility index (Phi) is 6.40. The van der Waals surface area contributed by atoms with Crippen LogP contribution >= 0.6 is 11.6 Å². The van der Waals surface area contributed by atoms with Gasteiger partial charge in [0.25, 0.3) is 5.91 Å². The molecule has 0 saturated carbocycles. The Labute approximate surface area is 148 Å². The van der Waals surface area contributed by atoms with E-state index in [9.17, 15) is 4.79 Å². The van der Waals surface area contributed by atoms with Crippen LogP contribution in [-0.4, -0.2) is 42.9 Å². The second kappa shape index (κ2) is 8.31. The van der Waals surface area contributed by atoms with Crippen LogP contribution in [-0.2, 0) is 12.8 Å². The van der Waals surface area contributed by atoms with E-state index in [1.165, 1.54) is 4.90 Å². The molecule has 0 aliphatic heterocycles. The predicted molar refractivity (Wildman–Crippen MR) is 97.3 cm³/mol. The van der Waals surface area contributed by atoms with Gasteiger partial charge in [-0.1, -0.05) is 25.4 Å². The average Bonchev–Trinajstić information content (AvgIpc) is 2.93. The summed E-state index contributed by atoms with van der Waals surface area (Å²) in [5, 5.41) is 8.37. The van der Waals surface area contributed by atoms with Crippen LogP contribution in [0.25, 0.3) is 5.69 Å². The maximum absolute atomic E-state index is 12.7. The van der Waals surface area contributed by atoms with E-state index >= 15 is 0 Å². The molecule has 1 amide bonds. The lowest BCUT2D eigenvalue weighted by molar-refractivity contribution is -0.856. The van der Waals surface area contributed by atoms with Gasteiger partial charge in [0.1, 0.15) is 0 Å². The Morgan fingerprint density at radius 3 is 2.42 bits per heavy atom. The van der Waals surface area contributed by atoms with E-state index in [0.717, 1.165) is 36.5 Å². The van der Waals surface area contributed by atoms with Crippen LogP contribution in [0.3, 0.4) is 0 Å². The zero-order chi connectivity index (χ0) is 17.7. The van der Waals surface area contributed by atoms with Gasteiger partial charge in [0.2, 0.25) is 0 Å². The first-order valence-corrected chi connectivity index (χ1v) is 8.79. The summed E-state index contributed by atoms with van der Waals surface area (Å²) in [6.07, 6.45) is 1.45. The van der Waals surface area contributed by atoms with Gasteiger partial charge in [0, 0.05) is 5.02 Å². The van der Waals surface area contributed by atoms with E-state index in [1.807, 2.05) is 42.8 Å². The summed E-state index contributed by atoms with van der Waals surface area (Å²) in [4.78, 5) is 14.0. The van der Waals surface area contributed by atoms with Gasteiger partial charge < -0.3 is 10.2 Å². The SMILES string of the molecule is CCc1nn(-c2ccc(Cl)cc2)c(CC)c1C(=O)NCC[NH+](C)C. The summed E-state index contributed by atoms with van der Waals surface area (Å²) in [5.74, 6) is -0.0369. The maximum Gasteiger partial charge on any atom is 0.255 e. The number of halogens is 1. The lowest BCUT2D eigenvalue weighted by Crippen LogP contribution is -3.06. The summed E-state index contributed by atoms with van der Waals surface area (Å²) < 4.78 is 1.86. The third-order valence-electron chi connectivity index (χ3n) is 3.93. The van der Waals surface area contributed by atoms with Crippen LogP contribution in [0.15, 0.2) is 24.3 Å². The molecule has 0 aliphatic rings. The lowest BCUT2D eigenvalue weighted by Gasteiger charge is -2.10. The van der Waals surface area contributed by atoms with Gasteiger partial charge in [0.15, 0.2) is 0 Å². The molecule has 0 spiro atoms. The number of aromatic nitrogens is 2. The van der Waals surface area contributed by atoms with Crippen molar-refractivity contribution < 1.29 is 9.69 Å². The molecule has 0 fully saturated rings. The molecule has 0 atom stereocenters. The number of carbonyl (C=O) groups is 1. The predicted octanol–water partition coefficient (Wildman–Crippen LogP) is 1.52. The van der Waals surface area contributed by atoms with Crippen LogP contribution in [0.2, 0.25) is 5.02 Å². The summed E-state index contributed by atoms with van der Waals surface area (Å²) in [6, 6.07) is 7.52. The zero-order valence-electron chi connectivity index (χ0n) is 14.8. The molecular weight excluding hydrogens is 324 g/mol. The molecule has 2 N–H and O–H groups in total. The van der Waals surface area contributed by atoms with Crippen LogP contribution in [0, 0.1) is 0 Å². The molecule has 0 unspecified atom stereocenters. The van der Waals surface area contributed by atoms with Gasteiger partial charge in [0.05, 0.1) is 49.8 Å². The first-order valence-electron chi connectivity index (χ1n) is 8.41. The normalized spacial score (nSPS) is 11.1. The fraction of sp³-hybridized carbons (Fsp3) is 0.444. The molecule has 0 aliphatic carbocycles. The fourth-order valence-corrected chi connectivity index (χ4v) is 2.78. The number of rotatable bonds is 7. The molecule has 6 heteroatoms. The van der Waals surface area contributed by atoms with E-state index < -0.39 is 0 Å². The molecule has 5 nitrogen and oxygen atoms in total. The molecule has 0 radical (unpaired) electrons. The number of quaternary nitrogens is 1. The number of aryl methyl sites for hydroxylation is 1.